The smallest absolute Gasteiger partial charge is 0.318 e. The van der Waals surface area contributed by atoms with Crippen LogP contribution in [-0.2, 0) is 4.79 Å². The lowest BCUT2D eigenvalue weighted by Gasteiger charge is -2.35. The average molecular weight is 262 g/mol. The van der Waals surface area contributed by atoms with Crippen molar-refractivity contribution in [3.05, 3.63) is 29.8 Å². The summed E-state index contributed by atoms with van der Waals surface area (Å²) < 4.78 is 0. The van der Waals surface area contributed by atoms with Crippen molar-refractivity contribution < 1.29 is 9.59 Å². The molecule has 0 saturated carbocycles. The quantitative estimate of drug-likeness (QED) is 0.733. The van der Waals surface area contributed by atoms with Crippen LogP contribution in [0, 0.1) is 0 Å². The number of nitrogens with two attached hydrogens (primary N) is 1. The summed E-state index contributed by atoms with van der Waals surface area (Å²) in [5.74, 6) is -0.384. The van der Waals surface area contributed by atoms with Crippen LogP contribution in [0.15, 0.2) is 24.3 Å². The standard InChI is InChI=1S/C13H18N4O2/c1-15-10-6-7-17(8-12(18)16-13(14)19)11-5-3-2-4-9(10)11/h2-5,10,15H,6-8H2,1H3,(H3,14,16,18,19). The number of nitrogens with one attached hydrogen (secondary N) is 2. The zero-order valence-electron chi connectivity index (χ0n) is 10.8. The molecule has 0 saturated heterocycles. The summed E-state index contributed by atoms with van der Waals surface area (Å²) in [6, 6.07) is 7.44. The van der Waals surface area contributed by atoms with Crippen LogP contribution in [0.25, 0.3) is 0 Å². The number of carbonyl (C=O) groups excluding carboxylic acids is 2. The van der Waals surface area contributed by atoms with E-state index in [-0.39, 0.29) is 12.5 Å². The van der Waals surface area contributed by atoms with Crippen molar-refractivity contribution in [2.45, 2.75) is 12.5 Å². The van der Waals surface area contributed by atoms with Gasteiger partial charge in [-0.3, -0.25) is 10.1 Å². The third kappa shape index (κ3) is 3.03. The lowest BCUT2D eigenvalue weighted by atomic mass is 9.96. The number of amides is 3. The number of primary amides is 1. The maximum absolute atomic E-state index is 11.6. The Morgan fingerprint density at radius 2 is 2.16 bits per heavy atom. The average Bonchev–Trinajstić information content (AvgIpc) is 2.38. The van der Waals surface area contributed by atoms with Gasteiger partial charge in [0.1, 0.15) is 0 Å². The van der Waals surface area contributed by atoms with Crippen LogP contribution >= 0.6 is 0 Å². The van der Waals surface area contributed by atoms with Crippen LogP contribution in [0.4, 0.5) is 10.5 Å². The molecule has 1 atom stereocenters. The minimum Gasteiger partial charge on any atom is -0.362 e. The number of benzene rings is 1. The van der Waals surface area contributed by atoms with Gasteiger partial charge in [0.15, 0.2) is 0 Å². The Morgan fingerprint density at radius 3 is 2.84 bits per heavy atom. The van der Waals surface area contributed by atoms with Crippen LogP contribution in [0.5, 0.6) is 0 Å². The van der Waals surface area contributed by atoms with Gasteiger partial charge in [-0.1, -0.05) is 18.2 Å². The highest BCUT2D eigenvalue weighted by atomic mass is 16.2. The number of imide groups is 1. The molecule has 0 aliphatic carbocycles. The molecule has 1 unspecified atom stereocenters. The van der Waals surface area contributed by atoms with E-state index in [1.807, 2.05) is 30.1 Å². The van der Waals surface area contributed by atoms with Crippen molar-refractivity contribution >= 4 is 17.6 Å². The first kappa shape index (κ1) is 13.4. The predicted octanol–water partition coefficient (Wildman–Crippen LogP) is 0.352. The minimum absolute atomic E-state index is 0.135. The number of hydrogen-bond acceptors (Lipinski definition) is 4. The molecule has 0 bridgehead atoms. The van der Waals surface area contributed by atoms with Gasteiger partial charge in [-0.2, -0.15) is 0 Å². The van der Waals surface area contributed by atoms with Gasteiger partial charge in [0.25, 0.3) is 0 Å². The lowest BCUT2D eigenvalue weighted by molar-refractivity contribution is -0.118. The van der Waals surface area contributed by atoms with E-state index in [1.54, 1.807) is 0 Å². The second kappa shape index (κ2) is 5.71. The van der Waals surface area contributed by atoms with E-state index in [9.17, 15) is 9.59 Å². The van der Waals surface area contributed by atoms with Crippen LogP contribution in [-0.4, -0.2) is 32.1 Å². The number of carbonyl (C=O) groups is 2. The summed E-state index contributed by atoms with van der Waals surface area (Å²) in [5.41, 5.74) is 7.13. The van der Waals surface area contributed by atoms with Gasteiger partial charge in [-0.05, 0) is 25.1 Å². The minimum atomic E-state index is -0.816. The molecule has 2 rings (SSSR count). The summed E-state index contributed by atoms with van der Waals surface area (Å²) in [6.07, 6.45) is 0.914. The van der Waals surface area contributed by atoms with E-state index in [0.717, 1.165) is 18.7 Å². The maximum atomic E-state index is 11.6. The summed E-state index contributed by atoms with van der Waals surface area (Å²) in [4.78, 5) is 24.2. The molecule has 0 radical (unpaired) electrons. The van der Waals surface area contributed by atoms with E-state index in [0.29, 0.717) is 6.04 Å². The largest absolute Gasteiger partial charge is 0.362 e. The Balaban J connectivity index is 2.15. The fourth-order valence-corrected chi connectivity index (χ4v) is 2.45. The van der Waals surface area contributed by atoms with E-state index < -0.39 is 6.03 Å². The highest BCUT2D eigenvalue weighted by Crippen LogP contribution is 2.32. The Morgan fingerprint density at radius 1 is 1.42 bits per heavy atom. The molecule has 1 aromatic carbocycles. The molecule has 0 fully saturated rings. The molecule has 1 aliphatic rings. The zero-order valence-corrected chi connectivity index (χ0v) is 10.8. The van der Waals surface area contributed by atoms with Gasteiger partial charge in [0.05, 0.1) is 6.54 Å². The van der Waals surface area contributed by atoms with E-state index in [4.69, 9.17) is 5.73 Å². The molecular formula is C13H18N4O2. The molecule has 1 heterocycles. The van der Waals surface area contributed by atoms with Gasteiger partial charge in [0.2, 0.25) is 5.91 Å². The SMILES string of the molecule is CNC1CCN(CC(=O)NC(N)=O)c2ccccc21. The van der Waals surface area contributed by atoms with Crippen molar-refractivity contribution in [2.75, 3.05) is 25.0 Å². The number of nitrogens with zero attached hydrogens (tertiary/aromatic N) is 1. The Bertz CT molecular complexity index is 489. The van der Waals surface area contributed by atoms with E-state index in [1.165, 1.54) is 5.56 Å². The molecule has 1 aliphatic heterocycles. The fraction of sp³-hybridized carbons (Fsp3) is 0.385. The van der Waals surface area contributed by atoms with Crippen molar-refractivity contribution in [1.82, 2.24) is 10.6 Å². The van der Waals surface area contributed by atoms with Gasteiger partial charge in [0, 0.05) is 18.3 Å². The number of urea groups is 1. The third-order valence-electron chi connectivity index (χ3n) is 3.29. The van der Waals surface area contributed by atoms with Crippen LogP contribution in [0.2, 0.25) is 0 Å². The molecule has 102 valence electrons. The number of hydrogen-bond donors (Lipinski definition) is 3. The Hall–Kier alpha value is -2.08. The van der Waals surface area contributed by atoms with Crippen molar-refractivity contribution in [3.63, 3.8) is 0 Å². The van der Waals surface area contributed by atoms with Crippen molar-refractivity contribution in [1.29, 1.82) is 0 Å². The normalized spacial score (nSPS) is 17.7. The number of rotatable bonds is 3. The monoisotopic (exact) mass is 262 g/mol. The molecule has 0 aromatic heterocycles. The summed E-state index contributed by atoms with van der Waals surface area (Å²) in [5, 5.41) is 5.35. The Kier molecular flexibility index (Phi) is 4.01. The first-order valence-corrected chi connectivity index (χ1v) is 6.22. The van der Waals surface area contributed by atoms with Crippen molar-refractivity contribution in [3.8, 4) is 0 Å². The van der Waals surface area contributed by atoms with E-state index in [2.05, 4.69) is 16.7 Å². The summed E-state index contributed by atoms with van der Waals surface area (Å²) >= 11 is 0. The van der Waals surface area contributed by atoms with Crippen LogP contribution in [0.1, 0.15) is 18.0 Å². The second-order valence-corrected chi connectivity index (χ2v) is 4.52. The number of para-hydroxylation sites is 1. The molecule has 4 N–H and O–H groups in total. The Labute approximate surface area is 112 Å². The van der Waals surface area contributed by atoms with Gasteiger partial charge >= 0.3 is 6.03 Å². The van der Waals surface area contributed by atoms with Crippen LogP contribution in [0.3, 0.4) is 0 Å². The van der Waals surface area contributed by atoms with Gasteiger partial charge in [-0.25, -0.2) is 4.79 Å². The first-order valence-electron chi connectivity index (χ1n) is 6.22. The summed E-state index contributed by atoms with van der Waals surface area (Å²) in [6.45, 7) is 0.894. The van der Waals surface area contributed by atoms with Gasteiger partial charge in [-0.15, -0.1) is 0 Å². The molecule has 6 heteroatoms. The van der Waals surface area contributed by atoms with E-state index >= 15 is 0 Å². The molecule has 3 amide bonds. The molecular weight excluding hydrogens is 244 g/mol. The summed E-state index contributed by atoms with van der Waals surface area (Å²) in [7, 11) is 1.93. The molecule has 1 aromatic rings. The van der Waals surface area contributed by atoms with Gasteiger partial charge < -0.3 is 16.0 Å². The second-order valence-electron chi connectivity index (χ2n) is 4.52. The third-order valence-corrected chi connectivity index (χ3v) is 3.29. The predicted molar refractivity (Wildman–Crippen MR) is 72.8 cm³/mol. The molecule has 6 nitrogen and oxygen atoms in total. The first-order chi connectivity index (χ1) is 9.11. The fourth-order valence-electron chi connectivity index (χ4n) is 2.45. The topological polar surface area (TPSA) is 87.5 Å². The lowest BCUT2D eigenvalue weighted by Crippen LogP contribution is -2.44. The number of fused-ring (bicyclic) bond motifs is 1. The highest BCUT2D eigenvalue weighted by Gasteiger charge is 2.24. The molecule has 19 heavy (non-hydrogen) atoms. The number of anilines is 1. The maximum Gasteiger partial charge on any atom is 0.318 e. The van der Waals surface area contributed by atoms with Crippen LogP contribution < -0.4 is 21.3 Å². The molecule has 0 spiro atoms. The highest BCUT2D eigenvalue weighted by molar-refractivity contribution is 5.95. The zero-order chi connectivity index (χ0) is 13.8. The van der Waals surface area contributed by atoms with Crippen molar-refractivity contribution in [2.24, 2.45) is 5.73 Å².